The van der Waals surface area contributed by atoms with Crippen LogP contribution in [0.1, 0.15) is 10.8 Å². The summed E-state index contributed by atoms with van der Waals surface area (Å²) < 4.78 is 16.5. The maximum absolute atomic E-state index is 12.0. The van der Waals surface area contributed by atoms with Crippen LogP contribution < -0.4 is 14.8 Å². The van der Waals surface area contributed by atoms with Gasteiger partial charge in [0.2, 0.25) is 11.8 Å². The minimum Gasteiger partial charge on any atom is -0.497 e. The van der Waals surface area contributed by atoms with Crippen LogP contribution in [0.3, 0.4) is 0 Å². The lowest BCUT2D eigenvalue weighted by Crippen LogP contribution is -2.07. The molecule has 0 unspecified atom stereocenters. The minimum absolute atomic E-state index is 0.137. The van der Waals surface area contributed by atoms with Crippen molar-refractivity contribution >= 4 is 29.0 Å². The number of benzene rings is 2. The number of methoxy groups -OCH3 is 1. The highest BCUT2D eigenvalue weighted by molar-refractivity contribution is 7.10. The number of ether oxygens (including phenoxy) is 2. The highest BCUT2D eigenvalue weighted by atomic mass is 32.1. The quantitative estimate of drug-likeness (QED) is 0.392. The first-order chi connectivity index (χ1) is 15.2. The molecule has 2 aromatic carbocycles. The Morgan fingerprint density at radius 3 is 2.55 bits per heavy atom. The molecule has 0 saturated heterocycles. The average Bonchev–Trinajstić information content (AvgIpc) is 3.50. The van der Waals surface area contributed by atoms with Crippen LogP contribution in [0.25, 0.3) is 17.5 Å². The predicted octanol–water partition coefficient (Wildman–Crippen LogP) is 5.04. The first kappa shape index (κ1) is 20.4. The van der Waals surface area contributed by atoms with Crippen LogP contribution in [0, 0.1) is 0 Å². The SMILES string of the molecule is COc1ccc(-c2nnc(COc3ccc(NC(=O)/C=C/c4cccs4)cc3)o2)cc1. The molecule has 2 heterocycles. The van der Waals surface area contributed by atoms with Crippen molar-refractivity contribution < 1.29 is 18.7 Å². The van der Waals surface area contributed by atoms with E-state index in [1.54, 1.807) is 48.8 Å². The topological polar surface area (TPSA) is 86.5 Å². The molecule has 2 aromatic heterocycles. The van der Waals surface area contributed by atoms with Gasteiger partial charge < -0.3 is 19.2 Å². The summed E-state index contributed by atoms with van der Waals surface area (Å²) >= 11 is 1.57. The second-order valence-corrected chi connectivity index (χ2v) is 7.36. The zero-order valence-electron chi connectivity index (χ0n) is 16.6. The third-order valence-electron chi connectivity index (χ3n) is 4.23. The lowest BCUT2D eigenvalue weighted by Gasteiger charge is -2.05. The molecular formula is C23H19N3O4S. The van der Waals surface area contributed by atoms with E-state index in [4.69, 9.17) is 13.9 Å². The van der Waals surface area contributed by atoms with Crippen LogP contribution >= 0.6 is 11.3 Å². The van der Waals surface area contributed by atoms with E-state index >= 15 is 0 Å². The summed E-state index contributed by atoms with van der Waals surface area (Å²) in [4.78, 5) is 13.0. The van der Waals surface area contributed by atoms with Crippen LogP contribution in [0.5, 0.6) is 11.5 Å². The first-order valence-electron chi connectivity index (χ1n) is 9.42. The summed E-state index contributed by atoms with van der Waals surface area (Å²) in [6.07, 6.45) is 3.29. The molecular weight excluding hydrogens is 414 g/mol. The first-order valence-corrected chi connectivity index (χ1v) is 10.3. The number of aromatic nitrogens is 2. The van der Waals surface area contributed by atoms with E-state index in [0.29, 0.717) is 23.2 Å². The largest absolute Gasteiger partial charge is 0.497 e. The Morgan fingerprint density at radius 2 is 1.84 bits per heavy atom. The van der Waals surface area contributed by atoms with Gasteiger partial charge in [0.25, 0.3) is 5.89 Å². The maximum atomic E-state index is 12.0. The maximum Gasteiger partial charge on any atom is 0.254 e. The van der Waals surface area contributed by atoms with Crippen LogP contribution in [-0.2, 0) is 11.4 Å². The Balaban J connectivity index is 1.29. The summed E-state index contributed by atoms with van der Waals surface area (Å²) in [5.74, 6) is 1.96. The number of rotatable bonds is 8. The molecule has 1 N–H and O–H groups in total. The number of hydrogen-bond donors (Lipinski definition) is 1. The van der Waals surface area contributed by atoms with Gasteiger partial charge in [-0.1, -0.05) is 6.07 Å². The van der Waals surface area contributed by atoms with E-state index in [2.05, 4.69) is 15.5 Å². The number of hydrogen-bond acceptors (Lipinski definition) is 7. The van der Waals surface area contributed by atoms with Crippen molar-refractivity contribution in [1.29, 1.82) is 0 Å². The average molecular weight is 433 g/mol. The van der Waals surface area contributed by atoms with Gasteiger partial charge in [-0.05, 0) is 66.1 Å². The van der Waals surface area contributed by atoms with Gasteiger partial charge in [-0.15, -0.1) is 21.5 Å². The molecule has 0 fully saturated rings. The van der Waals surface area contributed by atoms with Crippen LogP contribution in [0.4, 0.5) is 5.69 Å². The molecule has 7 nitrogen and oxygen atoms in total. The molecule has 0 aliphatic carbocycles. The van der Waals surface area contributed by atoms with Crippen molar-refractivity contribution in [2.75, 3.05) is 12.4 Å². The van der Waals surface area contributed by atoms with Crippen LogP contribution in [0.2, 0.25) is 0 Å². The van der Waals surface area contributed by atoms with Gasteiger partial charge >= 0.3 is 0 Å². The molecule has 8 heteroatoms. The molecule has 0 bridgehead atoms. The summed E-state index contributed by atoms with van der Waals surface area (Å²) in [6.45, 7) is 0.137. The number of anilines is 1. The lowest BCUT2D eigenvalue weighted by atomic mass is 10.2. The zero-order valence-corrected chi connectivity index (χ0v) is 17.5. The minimum atomic E-state index is -0.195. The second-order valence-electron chi connectivity index (χ2n) is 6.38. The zero-order chi connectivity index (χ0) is 21.5. The van der Waals surface area contributed by atoms with Crippen molar-refractivity contribution in [2.24, 2.45) is 0 Å². The van der Waals surface area contributed by atoms with Gasteiger partial charge in [-0.2, -0.15) is 0 Å². The van der Waals surface area contributed by atoms with Gasteiger partial charge in [0.15, 0.2) is 6.61 Å². The number of thiophene rings is 1. The Morgan fingerprint density at radius 1 is 1.06 bits per heavy atom. The summed E-state index contributed by atoms with van der Waals surface area (Å²) in [6, 6.07) is 18.3. The van der Waals surface area contributed by atoms with Crippen molar-refractivity contribution in [3.63, 3.8) is 0 Å². The summed E-state index contributed by atoms with van der Waals surface area (Å²) in [7, 11) is 1.61. The second kappa shape index (κ2) is 9.73. The Bertz CT molecular complexity index is 1150. The smallest absolute Gasteiger partial charge is 0.254 e. The number of carbonyl (C=O) groups is 1. The van der Waals surface area contributed by atoms with Crippen molar-refractivity contribution in [1.82, 2.24) is 10.2 Å². The highest BCUT2D eigenvalue weighted by Gasteiger charge is 2.09. The standard InChI is InChI=1S/C23H19N3O4S/c1-28-18-8-4-16(5-9-18)23-26-25-22(30-23)15-29-19-10-6-17(7-11-19)24-21(27)13-12-20-3-2-14-31-20/h2-14H,15H2,1H3,(H,24,27)/b13-12+. The van der Waals surface area contributed by atoms with Crippen molar-refractivity contribution in [3.05, 3.63) is 82.9 Å². The van der Waals surface area contributed by atoms with Crippen LogP contribution in [-0.4, -0.2) is 23.2 Å². The van der Waals surface area contributed by atoms with Crippen molar-refractivity contribution in [3.8, 4) is 23.0 Å². The molecule has 0 atom stereocenters. The van der Waals surface area contributed by atoms with Crippen molar-refractivity contribution in [2.45, 2.75) is 6.61 Å². The molecule has 0 spiro atoms. The van der Waals surface area contributed by atoms with Gasteiger partial charge in [-0.25, -0.2) is 0 Å². The van der Waals surface area contributed by atoms with Gasteiger partial charge in [0.05, 0.1) is 7.11 Å². The van der Waals surface area contributed by atoms with E-state index in [-0.39, 0.29) is 12.5 Å². The molecule has 31 heavy (non-hydrogen) atoms. The molecule has 0 saturated carbocycles. The fraction of sp³-hybridized carbons (Fsp3) is 0.0870. The van der Waals surface area contributed by atoms with E-state index < -0.39 is 0 Å². The van der Waals surface area contributed by atoms with Gasteiger partial charge in [0, 0.05) is 22.2 Å². The number of amides is 1. The van der Waals surface area contributed by atoms with E-state index in [0.717, 1.165) is 16.2 Å². The Hall–Kier alpha value is -3.91. The molecule has 1 amide bonds. The van der Waals surface area contributed by atoms with E-state index in [1.807, 2.05) is 41.8 Å². The van der Waals surface area contributed by atoms with E-state index in [9.17, 15) is 4.79 Å². The fourth-order valence-corrected chi connectivity index (χ4v) is 3.29. The Labute approximate surface area is 183 Å². The third-order valence-corrected chi connectivity index (χ3v) is 5.07. The lowest BCUT2D eigenvalue weighted by molar-refractivity contribution is -0.111. The summed E-state index contributed by atoms with van der Waals surface area (Å²) in [5.41, 5.74) is 1.47. The number of nitrogens with one attached hydrogen (secondary N) is 1. The molecule has 156 valence electrons. The molecule has 0 aliphatic rings. The van der Waals surface area contributed by atoms with Gasteiger partial charge in [0.1, 0.15) is 11.5 Å². The molecule has 4 rings (SSSR count). The number of carbonyl (C=O) groups excluding carboxylic acids is 1. The predicted molar refractivity (Wildman–Crippen MR) is 119 cm³/mol. The van der Waals surface area contributed by atoms with Crippen LogP contribution in [0.15, 0.2) is 76.5 Å². The molecule has 0 aliphatic heterocycles. The molecule has 0 radical (unpaired) electrons. The van der Waals surface area contributed by atoms with Gasteiger partial charge in [-0.3, -0.25) is 4.79 Å². The monoisotopic (exact) mass is 433 g/mol. The van der Waals surface area contributed by atoms with E-state index in [1.165, 1.54) is 6.08 Å². The Kier molecular flexibility index (Phi) is 6.39. The molecule has 4 aromatic rings. The fourth-order valence-electron chi connectivity index (χ4n) is 2.67. The normalized spacial score (nSPS) is 10.9. The summed E-state index contributed by atoms with van der Waals surface area (Å²) in [5, 5.41) is 12.8. The third kappa shape index (κ3) is 5.58. The highest BCUT2D eigenvalue weighted by Crippen LogP contribution is 2.22. The number of nitrogens with zero attached hydrogens (tertiary/aromatic N) is 2.